The van der Waals surface area contributed by atoms with Crippen molar-refractivity contribution in [3.05, 3.63) is 63.9 Å². The van der Waals surface area contributed by atoms with Gasteiger partial charge in [-0.25, -0.2) is 4.79 Å². The van der Waals surface area contributed by atoms with Crippen LogP contribution in [-0.2, 0) is 0 Å². The van der Waals surface area contributed by atoms with Crippen LogP contribution in [0.3, 0.4) is 0 Å². The molecule has 0 spiro atoms. The number of aryl methyl sites for hydroxylation is 1. The maximum absolute atomic E-state index is 12.3. The number of methoxy groups -OCH3 is 1. The van der Waals surface area contributed by atoms with Gasteiger partial charge in [-0.1, -0.05) is 0 Å². The van der Waals surface area contributed by atoms with E-state index in [1.807, 2.05) is 0 Å². The van der Waals surface area contributed by atoms with Gasteiger partial charge in [-0.2, -0.15) is 0 Å². The van der Waals surface area contributed by atoms with Gasteiger partial charge >= 0.3 is 5.63 Å². The highest BCUT2D eigenvalue weighted by molar-refractivity contribution is 6.08. The summed E-state index contributed by atoms with van der Waals surface area (Å²) in [7, 11) is 1.55. The van der Waals surface area contributed by atoms with Crippen molar-refractivity contribution in [3.63, 3.8) is 0 Å². The van der Waals surface area contributed by atoms with Crippen molar-refractivity contribution in [1.82, 2.24) is 0 Å². The molecular formula is C16H12O5. The molecule has 0 radical (unpaired) electrons. The van der Waals surface area contributed by atoms with Crippen molar-refractivity contribution in [2.75, 3.05) is 7.11 Å². The zero-order valence-corrected chi connectivity index (χ0v) is 11.5. The van der Waals surface area contributed by atoms with Crippen molar-refractivity contribution in [2.45, 2.75) is 6.92 Å². The zero-order valence-electron chi connectivity index (χ0n) is 11.5. The molecule has 0 unspecified atom stereocenters. The van der Waals surface area contributed by atoms with Crippen LogP contribution in [0.15, 0.2) is 50.0 Å². The van der Waals surface area contributed by atoms with Crippen LogP contribution in [0.1, 0.15) is 21.9 Å². The van der Waals surface area contributed by atoms with E-state index in [1.165, 1.54) is 6.07 Å². The normalized spacial score (nSPS) is 10.8. The fourth-order valence-corrected chi connectivity index (χ4v) is 2.08. The molecule has 0 saturated heterocycles. The van der Waals surface area contributed by atoms with Crippen LogP contribution in [0.2, 0.25) is 0 Å². The molecule has 2 aromatic heterocycles. The van der Waals surface area contributed by atoms with Crippen molar-refractivity contribution < 1.29 is 18.4 Å². The van der Waals surface area contributed by atoms with E-state index in [0.29, 0.717) is 22.7 Å². The molecule has 0 aliphatic rings. The Hall–Kier alpha value is -2.82. The molecule has 106 valence electrons. The second-order valence-electron chi connectivity index (χ2n) is 4.59. The molecule has 0 aliphatic heterocycles. The second kappa shape index (κ2) is 4.94. The van der Waals surface area contributed by atoms with E-state index >= 15 is 0 Å². The van der Waals surface area contributed by atoms with Crippen LogP contribution in [0.4, 0.5) is 0 Å². The highest BCUT2D eigenvalue weighted by Gasteiger charge is 2.17. The fraction of sp³-hybridized carbons (Fsp3) is 0.125. The number of hydrogen-bond donors (Lipinski definition) is 0. The minimum atomic E-state index is -0.512. The summed E-state index contributed by atoms with van der Waals surface area (Å²) in [4.78, 5) is 24.0. The Bertz CT molecular complexity index is 868. The van der Waals surface area contributed by atoms with Crippen molar-refractivity contribution >= 4 is 16.8 Å². The van der Waals surface area contributed by atoms with E-state index in [-0.39, 0.29) is 16.9 Å². The quantitative estimate of drug-likeness (QED) is 0.691. The average molecular weight is 284 g/mol. The third-order valence-corrected chi connectivity index (χ3v) is 3.14. The average Bonchev–Trinajstić information content (AvgIpc) is 2.91. The third kappa shape index (κ3) is 2.33. The third-order valence-electron chi connectivity index (χ3n) is 3.14. The van der Waals surface area contributed by atoms with E-state index < -0.39 is 5.63 Å². The fourth-order valence-electron chi connectivity index (χ4n) is 2.08. The molecule has 2 heterocycles. The number of ketones is 1. The van der Waals surface area contributed by atoms with E-state index in [2.05, 4.69) is 0 Å². The number of benzene rings is 1. The largest absolute Gasteiger partial charge is 0.497 e. The summed E-state index contributed by atoms with van der Waals surface area (Å²) in [5.74, 6) is 0.900. The number of carbonyl (C=O) groups is 1. The summed E-state index contributed by atoms with van der Waals surface area (Å²) in [5, 5.41) is 0.262. The summed E-state index contributed by atoms with van der Waals surface area (Å²) >= 11 is 0. The first kappa shape index (κ1) is 13.2. The SMILES string of the molecule is COc1ccc(C(=O)c2cc3c(=O)oc(C)cc3o2)cc1. The Labute approximate surface area is 119 Å². The summed E-state index contributed by atoms with van der Waals surface area (Å²) < 4.78 is 15.5. The van der Waals surface area contributed by atoms with Crippen molar-refractivity contribution in [2.24, 2.45) is 0 Å². The molecule has 3 rings (SSSR count). The van der Waals surface area contributed by atoms with Crippen LogP contribution in [0.5, 0.6) is 5.75 Å². The van der Waals surface area contributed by atoms with Gasteiger partial charge in [-0.3, -0.25) is 4.79 Å². The zero-order chi connectivity index (χ0) is 15.0. The monoisotopic (exact) mass is 284 g/mol. The Morgan fingerprint density at radius 3 is 2.48 bits per heavy atom. The number of hydrogen-bond acceptors (Lipinski definition) is 5. The Kier molecular flexibility index (Phi) is 3.10. The summed E-state index contributed by atoms with van der Waals surface area (Å²) in [6.45, 7) is 1.65. The Morgan fingerprint density at radius 2 is 1.81 bits per heavy atom. The van der Waals surface area contributed by atoms with Gasteiger partial charge in [-0.05, 0) is 31.2 Å². The molecule has 0 bridgehead atoms. The van der Waals surface area contributed by atoms with Crippen LogP contribution in [0.25, 0.3) is 11.0 Å². The molecule has 5 heteroatoms. The van der Waals surface area contributed by atoms with Gasteiger partial charge < -0.3 is 13.6 Å². The van der Waals surface area contributed by atoms with Crippen LogP contribution >= 0.6 is 0 Å². The van der Waals surface area contributed by atoms with E-state index in [0.717, 1.165) is 0 Å². The lowest BCUT2D eigenvalue weighted by molar-refractivity contribution is 0.101. The topological polar surface area (TPSA) is 69.7 Å². The van der Waals surface area contributed by atoms with Gasteiger partial charge in [0.2, 0.25) is 5.78 Å². The van der Waals surface area contributed by atoms with Gasteiger partial charge in [0.15, 0.2) is 5.76 Å². The van der Waals surface area contributed by atoms with Gasteiger partial charge in [0.05, 0.1) is 7.11 Å². The second-order valence-corrected chi connectivity index (χ2v) is 4.59. The van der Waals surface area contributed by atoms with Gasteiger partial charge in [0.1, 0.15) is 22.5 Å². The number of furan rings is 1. The van der Waals surface area contributed by atoms with E-state index in [1.54, 1.807) is 44.4 Å². The predicted molar refractivity (Wildman–Crippen MR) is 75.9 cm³/mol. The first-order valence-electron chi connectivity index (χ1n) is 6.31. The number of rotatable bonds is 3. The Balaban J connectivity index is 2.04. The lowest BCUT2D eigenvalue weighted by atomic mass is 10.1. The minimum Gasteiger partial charge on any atom is -0.497 e. The van der Waals surface area contributed by atoms with Gasteiger partial charge in [0, 0.05) is 17.7 Å². The van der Waals surface area contributed by atoms with Crippen LogP contribution in [-0.4, -0.2) is 12.9 Å². The standard InChI is InChI=1S/C16H12O5/c1-9-7-13-12(16(18)20-9)8-14(21-13)15(17)10-3-5-11(19-2)6-4-10/h3-8H,1-2H3. The first-order chi connectivity index (χ1) is 10.1. The summed E-state index contributed by atoms with van der Waals surface area (Å²) in [5.41, 5.74) is 0.291. The molecular weight excluding hydrogens is 272 g/mol. The molecule has 0 atom stereocenters. The molecule has 0 saturated carbocycles. The van der Waals surface area contributed by atoms with E-state index in [9.17, 15) is 9.59 Å². The van der Waals surface area contributed by atoms with Gasteiger partial charge in [0.25, 0.3) is 0 Å². The molecule has 3 aromatic rings. The van der Waals surface area contributed by atoms with Gasteiger partial charge in [-0.15, -0.1) is 0 Å². The number of fused-ring (bicyclic) bond motifs is 1. The molecule has 5 nitrogen and oxygen atoms in total. The minimum absolute atomic E-state index is 0.105. The molecule has 1 aromatic carbocycles. The maximum Gasteiger partial charge on any atom is 0.347 e. The van der Waals surface area contributed by atoms with Crippen molar-refractivity contribution in [3.8, 4) is 5.75 Å². The molecule has 0 aliphatic carbocycles. The highest BCUT2D eigenvalue weighted by atomic mass is 16.5. The number of ether oxygens (including phenoxy) is 1. The molecule has 0 amide bonds. The lowest BCUT2D eigenvalue weighted by Crippen LogP contribution is -2.00. The van der Waals surface area contributed by atoms with Crippen molar-refractivity contribution in [1.29, 1.82) is 0 Å². The molecule has 0 N–H and O–H groups in total. The summed E-state index contributed by atoms with van der Waals surface area (Å²) in [6.07, 6.45) is 0. The lowest BCUT2D eigenvalue weighted by Gasteiger charge is -2.00. The van der Waals surface area contributed by atoms with Crippen LogP contribution < -0.4 is 10.4 Å². The molecule has 21 heavy (non-hydrogen) atoms. The Morgan fingerprint density at radius 1 is 1.10 bits per heavy atom. The summed E-state index contributed by atoms with van der Waals surface area (Å²) in [6, 6.07) is 9.65. The smallest absolute Gasteiger partial charge is 0.347 e. The highest BCUT2D eigenvalue weighted by Crippen LogP contribution is 2.21. The molecule has 0 fully saturated rings. The first-order valence-corrected chi connectivity index (χ1v) is 6.31. The number of carbonyl (C=O) groups excluding carboxylic acids is 1. The van der Waals surface area contributed by atoms with Crippen LogP contribution in [0, 0.1) is 6.92 Å². The predicted octanol–water partition coefficient (Wildman–Crippen LogP) is 2.93. The van der Waals surface area contributed by atoms with E-state index in [4.69, 9.17) is 13.6 Å². The maximum atomic E-state index is 12.3.